The fraction of sp³-hybridized carbons (Fsp3) is 0.733. The average Bonchev–Trinajstić information content (AvgIpc) is 2.89. The molecule has 1 saturated heterocycles. The van der Waals surface area contributed by atoms with Crippen LogP contribution in [0, 0.1) is 0 Å². The van der Waals surface area contributed by atoms with Crippen LogP contribution in [0.4, 0.5) is 5.13 Å². The molecule has 0 aromatic carbocycles. The molecule has 0 bridgehead atoms. The van der Waals surface area contributed by atoms with E-state index in [4.69, 9.17) is 0 Å². The lowest BCUT2D eigenvalue weighted by atomic mass is 10.2. The number of likely N-dealkylation sites (N-methyl/N-ethyl adjacent to an activating group) is 1. The Hall–Kier alpha value is -0.980. The Morgan fingerprint density at radius 3 is 2.57 bits per heavy atom. The number of carbonyl (C=O) groups is 1. The third-order valence-corrected chi connectivity index (χ3v) is 4.90. The van der Waals surface area contributed by atoms with Gasteiger partial charge in [0.1, 0.15) is 0 Å². The van der Waals surface area contributed by atoms with Crippen molar-refractivity contribution in [3.05, 3.63) is 10.6 Å². The molecule has 0 spiro atoms. The second-order valence-electron chi connectivity index (χ2n) is 5.81. The van der Waals surface area contributed by atoms with Crippen LogP contribution in [0.1, 0.15) is 28.7 Å². The van der Waals surface area contributed by atoms with Gasteiger partial charge in [0, 0.05) is 39.3 Å². The normalized spacial score (nSPS) is 16.7. The highest BCUT2D eigenvalue weighted by Gasteiger charge is 2.21. The summed E-state index contributed by atoms with van der Waals surface area (Å²) in [6, 6.07) is 0. The third kappa shape index (κ3) is 4.49. The number of piperazine rings is 1. The van der Waals surface area contributed by atoms with Gasteiger partial charge in [0.25, 0.3) is 0 Å². The van der Waals surface area contributed by atoms with Crippen LogP contribution in [0.2, 0.25) is 0 Å². The number of aldehydes is 1. The van der Waals surface area contributed by atoms with Crippen LogP contribution in [0.15, 0.2) is 0 Å². The first-order valence-corrected chi connectivity index (χ1v) is 8.52. The van der Waals surface area contributed by atoms with E-state index in [0.717, 1.165) is 74.1 Å². The van der Waals surface area contributed by atoms with E-state index in [1.54, 1.807) is 11.3 Å². The van der Waals surface area contributed by atoms with E-state index in [-0.39, 0.29) is 0 Å². The summed E-state index contributed by atoms with van der Waals surface area (Å²) in [6.07, 6.45) is 2.88. The van der Waals surface area contributed by atoms with Gasteiger partial charge in [0.2, 0.25) is 0 Å². The molecular weight excluding hydrogens is 284 g/mol. The highest BCUT2D eigenvalue weighted by molar-refractivity contribution is 7.17. The van der Waals surface area contributed by atoms with E-state index in [0.29, 0.717) is 0 Å². The molecule has 1 fully saturated rings. The fourth-order valence-electron chi connectivity index (χ4n) is 2.50. The maximum absolute atomic E-state index is 11.1. The van der Waals surface area contributed by atoms with Crippen molar-refractivity contribution in [2.45, 2.75) is 19.8 Å². The summed E-state index contributed by atoms with van der Waals surface area (Å²) < 4.78 is 0. The molecule has 0 atom stereocenters. The predicted molar refractivity (Wildman–Crippen MR) is 88.7 cm³/mol. The number of aryl methyl sites for hydroxylation is 1. The summed E-state index contributed by atoms with van der Waals surface area (Å²) in [5.41, 5.74) is 0.975. The maximum Gasteiger partial charge on any atom is 0.186 e. The number of hydrogen-bond donors (Lipinski definition) is 0. The molecule has 0 aliphatic carbocycles. The molecule has 1 aliphatic heterocycles. The van der Waals surface area contributed by atoms with E-state index < -0.39 is 0 Å². The van der Waals surface area contributed by atoms with Gasteiger partial charge in [-0.3, -0.25) is 9.69 Å². The van der Waals surface area contributed by atoms with E-state index in [9.17, 15) is 4.79 Å². The highest BCUT2D eigenvalue weighted by atomic mass is 32.1. The fourth-order valence-corrected chi connectivity index (χ4v) is 3.48. The van der Waals surface area contributed by atoms with Crippen LogP contribution in [0.3, 0.4) is 0 Å². The minimum Gasteiger partial charge on any atom is -0.346 e. The summed E-state index contributed by atoms with van der Waals surface area (Å²) in [7, 11) is 4.23. The zero-order chi connectivity index (χ0) is 15.2. The molecule has 1 aromatic rings. The van der Waals surface area contributed by atoms with Gasteiger partial charge in [-0.25, -0.2) is 4.98 Å². The molecule has 2 heterocycles. The van der Waals surface area contributed by atoms with Crippen LogP contribution in [-0.4, -0.2) is 74.4 Å². The van der Waals surface area contributed by atoms with Crippen molar-refractivity contribution < 1.29 is 4.79 Å². The van der Waals surface area contributed by atoms with Crippen molar-refractivity contribution in [1.82, 2.24) is 14.8 Å². The number of rotatable bonds is 7. The Morgan fingerprint density at radius 1 is 1.29 bits per heavy atom. The van der Waals surface area contributed by atoms with E-state index in [1.807, 2.05) is 0 Å². The molecule has 1 aliphatic rings. The van der Waals surface area contributed by atoms with Crippen molar-refractivity contribution in [3.8, 4) is 0 Å². The van der Waals surface area contributed by atoms with Crippen LogP contribution < -0.4 is 4.90 Å². The van der Waals surface area contributed by atoms with E-state index in [1.165, 1.54) is 0 Å². The molecule has 0 N–H and O–H groups in total. The molecule has 1 aromatic heterocycles. The molecule has 0 amide bonds. The summed E-state index contributed by atoms with van der Waals surface area (Å²) in [5.74, 6) is 0. The average molecular weight is 310 g/mol. The van der Waals surface area contributed by atoms with Crippen molar-refractivity contribution in [2.24, 2.45) is 0 Å². The van der Waals surface area contributed by atoms with Crippen molar-refractivity contribution >= 4 is 22.8 Å². The quantitative estimate of drug-likeness (QED) is 0.715. The van der Waals surface area contributed by atoms with Crippen LogP contribution in [0.25, 0.3) is 0 Å². The second kappa shape index (κ2) is 7.87. The number of anilines is 1. The first kappa shape index (κ1) is 16.4. The number of aromatic nitrogens is 1. The van der Waals surface area contributed by atoms with Gasteiger partial charge < -0.3 is 9.80 Å². The van der Waals surface area contributed by atoms with Gasteiger partial charge in [0.15, 0.2) is 11.4 Å². The smallest absolute Gasteiger partial charge is 0.186 e. The SMILES string of the molecule is CCCc1nc(N2CCN(CCN(C)C)CC2)sc1C=O. The maximum atomic E-state index is 11.1. The number of nitrogens with zero attached hydrogens (tertiary/aromatic N) is 4. The molecule has 2 rings (SSSR count). The standard InChI is InChI=1S/C15H26N4OS/c1-4-5-13-14(12-20)21-15(16-13)19-10-8-18(9-11-19)7-6-17(2)3/h12H,4-11H2,1-3H3. The molecular formula is C15H26N4OS. The largest absolute Gasteiger partial charge is 0.346 e. The number of hydrogen-bond acceptors (Lipinski definition) is 6. The lowest BCUT2D eigenvalue weighted by Gasteiger charge is -2.35. The molecule has 5 nitrogen and oxygen atoms in total. The lowest BCUT2D eigenvalue weighted by molar-refractivity contribution is 0.112. The predicted octanol–water partition coefficient (Wildman–Crippen LogP) is 1.59. The van der Waals surface area contributed by atoms with Crippen molar-refractivity contribution in [1.29, 1.82) is 0 Å². The monoisotopic (exact) mass is 310 g/mol. The molecule has 0 unspecified atom stereocenters. The van der Waals surface area contributed by atoms with Gasteiger partial charge in [-0.2, -0.15) is 0 Å². The summed E-state index contributed by atoms with van der Waals surface area (Å²) >= 11 is 1.55. The highest BCUT2D eigenvalue weighted by Crippen LogP contribution is 2.26. The van der Waals surface area contributed by atoms with Crippen LogP contribution in [-0.2, 0) is 6.42 Å². The van der Waals surface area contributed by atoms with Gasteiger partial charge in [-0.15, -0.1) is 0 Å². The summed E-state index contributed by atoms with van der Waals surface area (Å²) in [5, 5.41) is 1.02. The van der Waals surface area contributed by atoms with Gasteiger partial charge in [0.05, 0.1) is 10.6 Å². The minimum atomic E-state index is 0.807. The lowest BCUT2D eigenvalue weighted by Crippen LogP contribution is -2.48. The topological polar surface area (TPSA) is 39.7 Å². The van der Waals surface area contributed by atoms with Crippen molar-refractivity contribution in [2.75, 3.05) is 58.3 Å². The summed E-state index contributed by atoms with van der Waals surface area (Å²) in [6.45, 7) is 8.51. The van der Waals surface area contributed by atoms with Gasteiger partial charge >= 0.3 is 0 Å². The summed E-state index contributed by atoms with van der Waals surface area (Å²) in [4.78, 5) is 23.7. The Morgan fingerprint density at radius 2 is 2.00 bits per heavy atom. The second-order valence-corrected chi connectivity index (χ2v) is 6.82. The molecule has 0 saturated carbocycles. The Bertz CT molecular complexity index is 453. The first-order chi connectivity index (χ1) is 10.1. The minimum absolute atomic E-state index is 0.807. The van der Waals surface area contributed by atoms with Crippen LogP contribution in [0.5, 0.6) is 0 Å². The molecule has 21 heavy (non-hydrogen) atoms. The zero-order valence-electron chi connectivity index (χ0n) is 13.3. The van der Waals surface area contributed by atoms with Crippen LogP contribution >= 0.6 is 11.3 Å². The third-order valence-electron chi connectivity index (χ3n) is 3.82. The number of carbonyl (C=O) groups excluding carboxylic acids is 1. The first-order valence-electron chi connectivity index (χ1n) is 7.71. The molecule has 118 valence electrons. The Kier molecular flexibility index (Phi) is 6.14. The molecule has 0 radical (unpaired) electrons. The van der Waals surface area contributed by atoms with E-state index in [2.05, 4.69) is 40.7 Å². The van der Waals surface area contributed by atoms with Gasteiger partial charge in [-0.05, 0) is 20.5 Å². The zero-order valence-corrected chi connectivity index (χ0v) is 14.2. The number of thiazole rings is 1. The Balaban J connectivity index is 1.91. The Labute approximate surface area is 131 Å². The van der Waals surface area contributed by atoms with Crippen molar-refractivity contribution in [3.63, 3.8) is 0 Å². The van der Waals surface area contributed by atoms with E-state index >= 15 is 0 Å². The molecule has 6 heteroatoms. The van der Waals surface area contributed by atoms with Gasteiger partial charge in [-0.1, -0.05) is 24.7 Å².